The van der Waals surface area contributed by atoms with E-state index >= 15 is 0 Å². The van der Waals surface area contributed by atoms with Crippen molar-refractivity contribution in [2.45, 2.75) is 6.92 Å². The minimum absolute atomic E-state index is 0.0914. The number of rotatable bonds is 5. The van der Waals surface area contributed by atoms with Crippen LogP contribution in [0.5, 0.6) is 0 Å². The molecular formula is C17H24N2O2. The van der Waals surface area contributed by atoms with E-state index in [0.717, 1.165) is 32.7 Å². The predicted octanol–water partition coefficient (Wildman–Crippen LogP) is 1.88. The Morgan fingerprint density at radius 3 is 2.48 bits per heavy atom. The highest BCUT2D eigenvalue weighted by Crippen LogP contribution is 2.10. The van der Waals surface area contributed by atoms with Gasteiger partial charge < -0.3 is 9.64 Å². The first-order valence-corrected chi connectivity index (χ1v) is 7.40. The van der Waals surface area contributed by atoms with Crippen molar-refractivity contribution in [1.29, 1.82) is 0 Å². The molecule has 4 heteroatoms. The van der Waals surface area contributed by atoms with Gasteiger partial charge in [-0.3, -0.25) is 9.69 Å². The minimum Gasteiger partial charge on any atom is -0.375 e. The van der Waals surface area contributed by atoms with Crippen LogP contribution >= 0.6 is 0 Å². The highest BCUT2D eigenvalue weighted by atomic mass is 16.5. The number of carbonyl (C=O) groups excluding carboxylic acids is 1. The molecule has 1 aliphatic rings. The molecule has 0 atom stereocenters. The van der Waals surface area contributed by atoms with E-state index in [1.165, 1.54) is 11.1 Å². The third kappa shape index (κ3) is 4.99. The van der Waals surface area contributed by atoms with Gasteiger partial charge in [0.1, 0.15) is 6.61 Å². The number of methoxy groups -OCH3 is 1. The zero-order valence-electron chi connectivity index (χ0n) is 12.9. The normalized spacial score (nSPS) is 17.0. The SMILES string of the molecule is COCC(=O)N1CCN(C/C(C)=C/c2ccccc2)CC1. The van der Waals surface area contributed by atoms with E-state index in [1.807, 2.05) is 11.0 Å². The number of piperazine rings is 1. The molecule has 21 heavy (non-hydrogen) atoms. The lowest BCUT2D eigenvalue weighted by atomic mass is 10.1. The van der Waals surface area contributed by atoms with E-state index in [-0.39, 0.29) is 12.5 Å². The summed E-state index contributed by atoms with van der Waals surface area (Å²) in [6.45, 7) is 6.75. The summed E-state index contributed by atoms with van der Waals surface area (Å²) >= 11 is 0. The Kier molecular flexibility index (Phi) is 5.96. The number of amides is 1. The third-order valence-electron chi connectivity index (χ3n) is 3.68. The van der Waals surface area contributed by atoms with Gasteiger partial charge in [-0.25, -0.2) is 0 Å². The second-order valence-electron chi connectivity index (χ2n) is 5.49. The number of hydrogen-bond donors (Lipinski definition) is 0. The summed E-state index contributed by atoms with van der Waals surface area (Å²) in [6, 6.07) is 10.4. The van der Waals surface area contributed by atoms with Gasteiger partial charge in [0.15, 0.2) is 0 Å². The molecule has 0 unspecified atom stereocenters. The van der Waals surface area contributed by atoms with Gasteiger partial charge in [0.2, 0.25) is 5.91 Å². The largest absolute Gasteiger partial charge is 0.375 e. The van der Waals surface area contributed by atoms with E-state index in [4.69, 9.17) is 4.74 Å². The summed E-state index contributed by atoms with van der Waals surface area (Å²) in [5, 5.41) is 0. The van der Waals surface area contributed by atoms with Crippen LogP contribution in [-0.4, -0.2) is 62.1 Å². The molecule has 0 radical (unpaired) electrons. The van der Waals surface area contributed by atoms with Gasteiger partial charge in [-0.05, 0) is 12.5 Å². The summed E-state index contributed by atoms with van der Waals surface area (Å²) in [4.78, 5) is 16.0. The predicted molar refractivity (Wildman–Crippen MR) is 85.0 cm³/mol. The molecule has 4 nitrogen and oxygen atoms in total. The Morgan fingerprint density at radius 1 is 1.19 bits per heavy atom. The Balaban J connectivity index is 1.81. The zero-order valence-corrected chi connectivity index (χ0v) is 12.9. The van der Waals surface area contributed by atoms with Gasteiger partial charge in [-0.15, -0.1) is 0 Å². The highest BCUT2D eigenvalue weighted by molar-refractivity contribution is 5.77. The lowest BCUT2D eigenvalue weighted by Crippen LogP contribution is -2.49. The average molecular weight is 288 g/mol. The van der Waals surface area contributed by atoms with E-state index in [0.29, 0.717) is 0 Å². The maximum Gasteiger partial charge on any atom is 0.248 e. The molecule has 0 aromatic heterocycles. The fourth-order valence-electron chi connectivity index (χ4n) is 2.60. The number of nitrogens with zero attached hydrogens (tertiary/aromatic N) is 2. The van der Waals surface area contributed by atoms with Gasteiger partial charge in [0, 0.05) is 39.8 Å². The van der Waals surface area contributed by atoms with Gasteiger partial charge in [-0.2, -0.15) is 0 Å². The molecule has 114 valence electrons. The third-order valence-corrected chi connectivity index (χ3v) is 3.68. The van der Waals surface area contributed by atoms with Crippen molar-refractivity contribution in [2.75, 3.05) is 46.4 Å². The molecule has 1 aliphatic heterocycles. The van der Waals surface area contributed by atoms with E-state index < -0.39 is 0 Å². The topological polar surface area (TPSA) is 32.8 Å². The van der Waals surface area contributed by atoms with Gasteiger partial charge in [0.25, 0.3) is 0 Å². The zero-order chi connectivity index (χ0) is 15.1. The Bertz CT molecular complexity index is 477. The number of hydrogen-bond acceptors (Lipinski definition) is 3. The van der Waals surface area contributed by atoms with Crippen molar-refractivity contribution in [3.8, 4) is 0 Å². The summed E-state index contributed by atoms with van der Waals surface area (Å²) in [5.74, 6) is 0.0914. The van der Waals surface area contributed by atoms with E-state index in [9.17, 15) is 4.79 Å². The Morgan fingerprint density at radius 2 is 1.86 bits per heavy atom. The summed E-state index contributed by atoms with van der Waals surface area (Å²) in [5.41, 5.74) is 2.58. The van der Waals surface area contributed by atoms with E-state index in [2.05, 4.69) is 42.2 Å². The molecule has 1 saturated heterocycles. The molecule has 1 heterocycles. The molecule has 1 fully saturated rings. The fraction of sp³-hybridized carbons (Fsp3) is 0.471. The van der Waals surface area contributed by atoms with Crippen LogP contribution < -0.4 is 0 Å². The molecule has 0 spiro atoms. The van der Waals surface area contributed by atoms with Crippen LogP contribution in [0.1, 0.15) is 12.5 Å². The second kappa shape index (κ2) is 7.96. The van der Waals surface area contributed by atoms with Crippen LogP contribution in [0.15, 0.2) is 35.9 Å². The standard InChI is InChI=1S/C17H24N2O2/c1-15(12-16-6-4-3-5-7-16)13-18-8-10-19(11-9-18)17(20)14-21-2/h3-7,12H,8-11,13-14H2,1-2H3/b15-12+. The number of benzene rings is 1. The molecular weight excluding hydrogens is 264 g/mol. The van der Waals surface area contributed by atoms with Crippen molar-refractivity contribution >= 4 is 12.0 Å². The minimum atomic E-state index is 0.0914. The lowest BCUT2D eigenvalue weighted by Gasteiger charge is -2.34. The highest BCUT2D eigenvalue weighted by Gasteiger charge is 2.20. The summed E-state index contributed by atoms with van der Waals surface area (Å²) in [6.07, 6.45) is 2.22. The van der Waals surface area contributed by atoms with E-state index in [1.54, 1.807) is 7.11 Å². The van der Waals surface area contributed by atoms with Crippen molar-refractivity contribution < 1.29 is 9.53 Å². The van der Waals surface area contributed by atoms with Crippen LogP contribution in [0.3, 0.4) is 0 Å². The molecule has 0 N–H and O–H groups in total. The maximum absolute atomic E-state index is 11.7. The first kappa shape index (κ1) is 15.7. The van der Waals surface area contributed by atoms with Crippen LogP contribution in [0.25, 0.3) is 6.08 Å². The monoisotopic (exact) mass is 288 g/mol. The molecule has 1 aromatic rings. The van der Waals surface area contributed by atoms with Crippen LogP contribution in [0.2, 0.25) is 0 Å². The molecule has 0 saturated carbocycles. The second-order valence-corrected chi connectivity index (χ2v) is 5.49. The quantitative estimate of drug-likeness (QED) is 0.829. The molecule has 0 aliphatic carbocycles. The van der Waals surface area contributed by atoms with Crippen LogP contribution in [0.4, 0.5) is 0 Å². The summed E-state index contributed by atoms with van der Waals surface area (Å²) < 4.78 is 4.90. The van der Waals surface area contributed by atoms with Gasteiger partial charge in [0.05, 0.1) is 0 Å². The van der Waals surface area contributed by atoms with Crippen molar-refractivity contribution in [3.05, 3.63) is 41.5 Å². The Hall–Kier alpha value is -1.65. The fourth-order valence-corrected chi connectivity index (χ4v) is 2.60. The maximum atomic E-state index is 11.7. The van der Waals surface area contributed by atoms with Gasteiger partial charge >= 0.3 is 0 Å². The molecule has 1 amide bonds. The van der Waals surface area contributed by atoms with Gasteiger partial charge in [-0.1, -0.05) is 42.0 Å². The van der Waals surface area contributed by atoms with Crippen molar-refractivity contribution in [2.24, 2.45) is 0 Å². The smallest absolute Gasteiger partial charge is 0.248 e. The number of carbonyl (C=O) groups is 1. The number of ether oxygens (including phenoxy) is 1. The summed E-state index contributed by atoms with van der Waals surface area (Å²) in [7, 11) is 1.56. The lowest BCUT2D eigenvalue weighted by molar-refractivity contribution is -0.136. The first-order valence-electron chi connectivity index (χ1n) is 7.40. The van der Waals surface area contributed by atoms with Crippen molar-refractivity contribution in [3.63, 3.8) is 0 Å². The molecule has 0 bridgehead atoms. The molecule has 1 aromatic carbocycles. The van der Waals surface area contributed by atoms with Crippen LogP contribution in [-0.2, 0) is 9.53 Å². The first-order chi connectivity index (χ1) is 10.2. The average Bonchev–Trinajstić information content (AvgIpc) is 2.49. The molecule has 2 rings (SSSR count). The van der Waals surface area contributed by atoms with Crippen molar-refractivity contribution in [1.82, 2.24) is 9.80 Å². The van der Waals surface area contributed by atoms with Crippen LogP contribution in [0, 0.1) is 0 Å². The Labute approximate surface area is 127 Å².